The molecule has 2 aromatic carbocycles. The van der Waals surface area contributed by atoms with Crippen molar-refractivity contribution >= 4 is 5.69 Å². The normalized spacial score (nSPS) is 20.2. The Bertz CT molecular complexity index is 702. The molecule has 3 rings (SSSR count). The van der Waals surface area contributed by atoms with Crippen molar-refractivity contribution in [2.45, 2.75) is 25.3 Å². The van der Waals surface area contributed by atoms with Gasteiger partial charge in [-0.2, -0.15) is 5.26 Å². The van der Waals surface area contributed by atoms with Gasteiger partial charge in [-0.1, -0.05) is 24.3 Å². The number of anilines is 1. The first kappa shape index (κ1) is 12.7. The number of rotatable bonds is 2. The fraction of sp³-hybridized carbons (Fsp3) is 0.235. The largest absolute Gasteiger partial charge is 0.363 e. The number of halogens is 1. The molecule has 1 N–H and O–H groups in total. The molecule has 1 aliphatic rings. The van der Waals surface area contributed by atoms with Gasteiger partial charge in [0, 0.05) is 5.69 Å². The van der Waals surface area contributed by atoms with Crippen LogP contribution in [0.4, 0.5) is 10.1 Å². The molecule has 0 aliphatic heterocycles. The van der Waals surface area contributed by atoms with Crippen molar-refractivity contribution in [3.8, 4) is 6.07 Å². The molecule has 1 unspecified atom stereocenters. The van der Waals surface area contributed by atoms with E-state index < -0.39 is 5.54 Å². The summed E-state index contributed by atoms with van der Waals surface area (Å²) in [5, 5.41) is 13.0. The Morgan fingerprint density at radius 1 is 1.25 bits per heavy atom. The van der Waals surface area contributed by atoms with Gasteiger partial charge < -0.3 is 5.32 Å². The minimum Gasteiger partial charge on any atom is -0.363 e. The summed E-state index contributed by atoms with van der Waals surface area (Å²) < 4.78 is 13.3. The van der Waals surface area contributed by atoms with Crippen LogP contribution in [0.1, 0.15) is 23.1 Å². The first-order valence-electron chi connectivity index (χ1n) is 6.69. The number of nitrogens with zero attached hydrogens (tertiary/aromatic N) is 1. The van der Waals surface area contributed by atoms with E-state index in [9.17, 15) is 9.65 Å². The van der Waals surface area contributed by atoms with Crippen LogP contribution >= 0.6 is 0 Å². The molecule has 0 saturated carbocycles. The summed E-state index contributed by atoms with van der Waals surface area (Å²) in [4.78, 5) is 0. The van der Waals surface area contributed by atoms with Gasteiger partial charge in [0.05, 0.1) is 6.07 Å². The van der Waals surface area contributed by atoms with E-state index in [0.717, 1.165) is 28.8 Å². The molecular formula is C17H15FN2. The Morgan fingerprint density at radius 3 is 2.80 bits per heavy atom. The van der Waals surface area contributed by atoms with Gasteiger partial charge in [-0.25, -0.2) is 4.39 Å². The molecule has 2 aromatic rings. The zero-order valence-electron chi connectivity index (χ0n) is 11.3. The van der Waals surface area contributed by atoms with Crippen molar-refractivity contribution in [2.75, 3.05) is 5.32 Å². The number of para-hydroxylation sites is 1. The Hall–Kier alpha value is -2.34. The predicted molar refractivity (Wildman–Crippen MR) is 76.8 cm³/mol. The van der Waals surface area contributed by atoms with E-state index >= 15 is 0 Å². The number of nitrogens with one attached hydrogen (secondary N) is 1. The topological polar surface area (TPSA) is 35.8 Å². The van der Waals surface area contributed by atoms with Crippen molar-refractivity contribution < 1.29 is 4.39 Å². The van der Waals surface area contributed by atoms with E-state index in [4.69, 9.17) is 0 Å². The highest BCUT2D eigenvalue weighted by molar-refractivity contribution is 5.58. The standard InChI is InChI=1S/C17H15FN2/c1-12-4-2-3-5-16(12)20-17(11-19)9-8-13-10-14(18)6-7-15(13)17/h2-7,10,20H,8-9H2,1H3. The average Bonchev–Trinajstić information content (AvgIpc) is 2.80. The Morgan fingerprint density at radius 2 is 2.05 bits per heavy atom. The van der Waals surface area contributed by atoms with Gasteiger partial charge >= 0.3 is 0 Å². The fourth-order valence-corrected chi connectivity index (χ4v) is 2.86. The third kappa shape index (κ3) is 1.94. The van der Waals surface area contributed by atoms with E-state index in [0.29, 0.717) is 6.42 Å². The molecule has 20 heavy (non-hydrogen) atoms. The quantitative estimate of drug-likeness (QED) is 0.894. The maximum Gasteiger partial charge on any atom is 0.151 e. The van der Waals surface area contributed by atoms with Crippen molar-refractivity contribution in [2.24, 2.45) is 0 Å². The summed E-state index contributed by atoms with van der Waals surface area (Å²) in [5.74, 6) is -0.242. The molecule has 100 valence electrons. The van der Waals surface area contributed by atoms with Crippen LogP contribution in [0.15, 0.2) is 42.5 Å². The molecule has 3 heteroatoms. The molecule has 0 heterocycles. The van der Waals surface area contributed by atoms with Gasteiger partial charge in [-0.05, 0) is 54.7 Å². The van der Waals surface area contributed by atoms with Crippen LogP contribution in [0.3, 0.4) is 0 Å². The zero-order chi connectivity index (χ0) is 14.2. The lowest BCUT2D eigenvalue weighted by atomic mass is 9.92. The number of hydrogen-bond acceptors (Lipinski definition) is 2. The number of benzene rings is 2. The molecule has 0 aromatic heterocycles. The highest BCUT2D eigenvalue weighted by Gasteiger charge is 2.39. The average molecular weight is 266 g/mol. The van der Waals surface area contributed by atoms with Crippen molar-refractivity contribution in [3.05, 3.63) is 65.0 Å². The Balaban J connectivity index is 2.04. The Kier molecular flexibility index (Phi) is 2.94. The van der Waals surface area contributed by atoms with Crippen molar-refractivity contribution in [3.63, 3.8) is 0 Å². The van der Waals surface area contributed by atoms with Gasteiger partial charge in [-0.3, -0.25) is 0 Å². The van der Waals surface area contributed by atoms with Gasteiger partial charge in [0.2, 0.25) is 0 Å². The molecule has 1 atom stereocenters. The summed E-state index contributed by atoms with van der Waals surface area (Å²) in [5.41, 5.74) is 3.11. The highest BCUT2D eigenvalue weighted by atomic mass is 19.1. The molecule has 2 nitrogen and oxygen atoms in total. The summed E-state index contributed by atoms with van der Waals surface area (Å²) in [6.45, 7) is 2.01. The molecule has 0 bridgehead atoms. The maximum atomic E-state index is 13.3. The van der Waals surface area contributed by atoms with E-state index in [1.165, 1.54) is 12.1 Å². The molecule has 0 spiro atoms. The minimum absolute atomic E-state index is 0.242. The van der Waals surface area contributed by atoms with E-state index in [1.807, 2.05) is 31.2 Å². The van der Waals surface area contributed by atoms with Gasteiger partial charge in [0.15, 0.2) is 5.54 Å². The lowest BCUT2D eigenvalue weighted by Gasteiger charge is -2.26. The van der Waals surface area contributed by atoms with Gasteiger partial charge in [0.25, 0.3) is 0 Å². The van der Waals surface area contributed by atoms with E-state index in [-0.39, 0.29) is 5.82 Å². The zero-order valence-corrected chi connectivity index (χ0v) is 11.3. The number of hydrogen-bond donors (Lipinski definition) is 1. The van der Waals surface area contributed by atoms with Crippen LogP contribution in [-0.2, 0) is 12.0 Å². The predicted octanol–water partition coefficient (Wildman–Crippen LogP) is 3.91. The minimum atomic E-state index is -0.755. The first-order valence-corrected chi connectivity index (χ1v) is 6.69. The third-order valence-electron chi connectivity index (χ3n) is 3.98. The second kappa shape index (κ2) is 4.64. The smallest absolute Gasteiger partial charge is 0.151 e. The molecule has 0 radical (unpaired) electrons. The molecule has 1 aliphatic carbocycles. The SMILES string of the molecule is Cc1ccccc1NC1(C#N)CCc2cc(F)ccc21. The van der Waals surface area contributed by atoms with Gasteiger partial charge in [-0.15, -0.1) is 0 Å². The summed E-state index contributed by atoms with van der Waals surface area (Å²) in [6, 6.07) is 15.0. The fourth-order valence-electron chi connectivity index (χ4n) is 2.86. The first-order chi connectivity index (χ1) is 9.64. The van der Waals surface area contributed by atoms with Crippen molar-refractivity contribution in [1.29, 1.82) is 5.26 Å². The summed E-state index contributed by atoms with van der Waals surface area (Å²) >= 11 is 0. The molecule has 0 fully saturated rings. The van der Waals surface area contributed by atoms with E-state index in [2.05, 4.69) is 11.4 Å². The summed E-state index contributed by atoms with van der Waals surface area (Å²) in [7, 11) is 0. The second-order valence-electron chi connectivity index (χ2n) is 5.26. The van der Waals surface area contributed by atoms with Crippen molar-refractivity contribution in [1.82, 2.24) is 0 Å². The third-order valence-corrected chi connectivity index (χ3v) is 3.98. The van der Waals surface area contributed by atoms with Crippen LogP contribution < -0.4 is 5.32 Å². The number of nitriles is 1. The monoisotopic (exact) mass is 266 g/mol. The lowest BCUT2D eigenvalue weighted by Crippen LogP contribution is -2.31. The second-order valence-corrected chi connectivity index (χ2v) is 5.26. The highest BCUT2D eigenvalue weighted by Crippen LogP contribution is 2.40. The lowest BCUT2D eigenvalue weighted by molar-refractivity contribution is 0.618. The van der Waals surface area contributed by atoms with Crippen LogP contribution in [0, 0.1) is 24.1 Å². The molecule has 0 saturated heterocycles. The number of fused-ring (bicyclic) bond motifs is 1. The van der Waals surface area contributed by atoms with E-state index in [1.54, 1.807) is 6.07 Å². The maximum absolute atomic E-state index is 13.3. The van der Waals surface area contributed by atoms with Crippen LogP contribution in [0.25, 0.3) is 0 Å². The molecular weight excluding hydrogens is 251 g/mol. The van der Waals surface area contributed by atoms with Gasteiger partial charge in [0.1, 0.15) is 5.82 Å². The Labute approximate surface area is 117 Å². The number of aryl methyl sites for hydroxylation is 2. The van der Waals surface area contributed by atoms with Crippen LogP contribution in [0.5, 0.6) is 0 Å². The summed E-state index contributed by atoms with van der Waals surface area (Å²) in [6.07, 6.45) is 1.39. The van der Waals surface area contributed by atoms with Crippen LogP contribution in [-0.4, -0.2) is 0 Å². The molecule has 0 amide bonds. The van der Waals surface area contributed by atoms with Crippen LogP contribution in [0.2, 0.25) is 0 Å².